The van der Waals surface area contributed by atoms with Crippen LogP contribution >= 0.6 is 0 Å². The molecule has 3 N–H and O–H groups in total. The molecule has 1 aromatic heterocycles. The number of aliphatic imine (C=N–C) groups is 1. The predicted octanol–water partition coefficient (Wildman–Crippen LogP) is 3.55. The van der Waals surface area contributed by atoms with Gasteiger partial charge in [0.1, 0.15) is 11.6 Å². The van der Waals surface area contributed by atoms with Gasteiger partial charge in [0.15, 0.2) is 0 Å². The fourth-order valence-corrected chi connectivity index (χ4v) is 3.00. The molecular formula is C20H19N5O. The van der Waals surface area contributed by atoms with Gasteiger partial charge in [0, 0.05) is 23.0 Å². The van der Waals surface area contributed by atoms with Gasteiger partial charge in [-0.3, -0.25) is 4.99 Å². The molecule has 0 fully saturated rings. The molecule has 0 saturated carbocycles. The second kappa shape index (κ2) is 6.84. The summed E-state index contributed by atoms with van der Waals surface area (Å²) in [6.07, 6.45) is 1.63. The summed E-state index contributed by atoms with van der Waals surface area (Å²) < 4.78 is 5.61. The van der Waals surface area contributed by atoms with Crippen molar-refractivity contribution < 1.29 is 4.74 Å². The Morgan fingerprint density at radius 2 is 2.08 bits per heavy atom. The maximum absolute atomic E-state index is 5.65. The Labute approximate surface area is 151 Å². The number of fused-ring (bicyclic) bond motifs is 1. The fraction of sp³-hybridized carbons (Fsp3) is 0.150. The first-order valence-electron chi connectivity index (χ1n) is 8.49. The van der Waals surface area contributed by atoms with Crippen LogP contribution in [0.5, 0.6) is 5.75 Å². The van der Waals surface area contributed by atoms with Gasteiger partial charge in [0.05, 0.1) is 18.9 Å². The molecule has 0 spiro atoms. The van der Waals surface area contributed by atoms with Crippen LogP contribution in [0, 0.1) is 0 Å². The molecule has 0 bridgehead atoms. The highest BCUT2D eigenvalue weighted by Crippen LogP contribution is 2.28. The summed E-state index contributed by atoms with van der Waals surface area (Å²) in [5.41, 5.74) is 10.9. The van der Waals surface area contributed by atoms with Gasteiger partial charge in [-0.15, -0.1) is 0 Å². The van der Waals surface area contributed by atoms with Crippen LogP contribution in [0.15, 0.2) is 59.7 Å². The molecular weight excluding hydrogens is 326 g/mol. The van der Waals surface area contributed by atoms with Crippen molar-refractivity contribution >= 4 is 23.2 Å². The van der Waals surface area contributed by atoms with E-state index in [-0.39, 0.29) is 5.95 Å². The van der Waals surface area contributed by atoms with Crippen LogP contribution in [0.1, 0.15) is 23.6 Å². The van der Waals surface area contributed by atoms with E-state index < -0.39 is 0 Å². The van der Waals surface area contributed by atoms with Crippen molar-refractivity contribution in [2.45, 2.75) is 13.5 Å². The maximum atomic E-state index is 5.65. The van der Waals surface area contributed by atoms with E-state index >= 15 is 0 Å². The number of nitrogens with two attached hydrogens (primary N) is 1. The molecule has 1 aliphatic heterocycles. The van der Waals surface area contributed by atoms with E-state index in [0.717, 1.165) is 28.3 Å². The van der Waals surface area contributed by atoms with Crippen molar-refractivity contribution in [3.05, 3.63) is 71.4 Å². The first-order chi connectivity index (χ1) is 12.7. The zero-order valence-corrected chi connectivity index (χ0v) is 14.4. The van der Waals surface area contributed by atoms with Gasteiger partial charge in [-0.05, 0) is 42.8 Å². The van der Waals surface area contributed by atoms with Crippen LogP contribution in [0.4, 0.5) is 17.5 Å². The van der Waals surface area contributed by atoms with E-state index in [2.05, 4.69) is 33.5 Å². The van der Waals surface area contributed by atoms with E-state index in [0.29, 0.717) is 19.0 Å². The molecule has 130 valence electrons. The molecule has 4 rings (SSSR count). The van der Waals surface area contributed by atoms with Crippen LogP contribution in [0.3, 0.4) is 0 Å². The Morgan fingerprint density at radius 3 is 2.92 bits per heavy atom. The monoisotopic (exact) mass is 345 g/mol. The van der Waals surface area contributed by atoms with E-state index in [9.17, 15) is 0 Å². The van der Waals surface area contributed by atoms with Gasteiger partial charge in [-0.25, -0.2) is 4.98 Å². The summed E-state index contributed by atoms with van der Waals surface area (Å²) >= 11 is 0. The van der Waals surface area contributed by atoms with Crippen molar-refractivity contribution in [2.75, 3.05) is 17.7 Å². The second-order valence-electron chi connectivity index (χ2n) is 5.92. The summed E-state index contributed by atoms with van der Waals surface area (Å²) in [5.74, 6) is 1.75. The van der Waals surface area contributed by atoms with Crippen molar-refractivity contribution in [3.63, 3.8) is 0 Å². The Bertz CT molecular complexity index is 983. The first kappa shape index (κ1) is 16.1. The Morgan fingerprint density at radius 1 is 1.15 bits per heavy atom. The van der Waals surface area contributed by atoms with Gasteiger partial charge in [0.25, 0.3) is 0 Å². The second-order valence-corrected chi connectivity index (χ2v) is 5.92. The lowest BCUT2D eigenvalue weighted by molar-refractivity contribution is 0.340. The Kier molecular flexibility index (Phi) is 4.23. The van der Waals surface area contributed by atoms with E-state index in [1.165, 1.54) is 5.56 Å². The third-order valence-corrected chi connectivity index (χ3v) is 4.14. The lowest BCUT2D eigenvalue weighted by atomic mass is 9.99. The van der Waals surface area contributed by atoms with Crippen molar-refractivity contribution in [1.29, 1.82) is 0 Å². The van der Waals surface area contributed by atoms with Crippen molar-refractivity contribution in [3.8, 4) is 5.75 Å². The molecule has 0 unspecified atom stereocenters. The molecule has 0 saturated heterocycles. The van der Waals surface area contributed by atoms with E-state index in [1.54, 1.807) is 12.3 Å². The number of nitrogens with one attached hydrogen (secondary N) is 1. The molecule has 2 aromatic carbocycles. The summed E-state index contributed by atoms with van der Waals surface area (Å²) in [6.45, 7) is 3.31. The van der Waals surface area contributed by atoms with Gasteiger partial charge in [-0.2, -0.15) is 4.98 Å². The zero-order valence-electron chi connectivity index (χ0n) is 14.4. The molecule has 1 aliphatic rings. The summed E-state index contributed by atoms with van der Waals surface area (Å²) in [7, 11) is 0. The third kappa shape index (κ3) is 3.21. The average Bonchev–Trinajstić information content (AvgIpc) is 3.05. The van der Waals surface area contributed by atoms with Gasteiger partial charge in [0.2, 0.25) is 5.95 Å². The van der Waals surface area contributed by atoms with Gasteiger partial charge in [-0.1, -0.05) is 18.2 Å². The Balaban J connectivity index is 1.64. The first-order valence-corrected chi connectivity index (χ1v) is 8.49. The number of aromatic nitrogens is 2. The molecule has 3 aromatic rings. The average molecular weight is 345 g/mol. The minimum Gasteiger partial charge on any atom is -0.494 e. The largest absolute Gasteiger partial charge is 0.494 e. The highest BCUT2D eigenvalue weighted by molar-refractivity contribution is 6.15. The Hall–Kier alpha value is -3.41. The van der Waals surface area contributed by atoms with E-state index in [1.807, 2.05) is 31.2 Å². The molecule has 0 atom stereocenters. The minimum absolute atomic E-state index is 0.242. The fourth-order valence-electron chi connectivity index (χ4n) is 3.00. The number of hydrogen-bond donors (Lipinski definition) is 2. The summed E-state index contributed by atoms with van der Waals surface area (Å²) in [4.78, 5) is 12.8. The molecule has 6 heteroatoms. The van der Waals surface area contributed by atoms with Crippen LogP contribution in [0.25, 0.3) is 0 Å². The lowest BCUT2D eigenvalue weighted by Crippen LogP contribution is -2.04. The number of nitrogens with zero attached hydrogens (tertiary/aromatic N) is 3. The normalized spacial score (nSPS) is 12.4. The molecule has 26 heavy (non-hydrogen) atoms. The van der Waals surface area contributed by atoms with Crippen LogP contribution in [-0.2, 0) is 6.54 Å². The van der Waals surface area contributed by atoms with Crippen molar-refractivity contribution in [1.82, 2.24) is 9.97 Å². The number of rotatable bonds is 5. The minimum atomic E-state index is 0.242. The van der Waals surface area contributed by atoms with Gasteiger partial charge >= 0.3 is 0 Å². The molecule has 0 amide bonds. The number of anilines is 3. The smallest absolute Gasteiger partial charge is 0.221 e. The van der Waals surface area contributed by atoms with Crippen molar-refractivity contribution in [2.24, 2.45) is 4.99 Å². The molecule has 2 heterocycles. The molecule has 0 aliphatic carbocycles. The maximum Gasteiger partial charge on any atom is 0.221 e. The predicted molar refractivity (Wildman–Crippen MR) is 103 cm³/mol. The third-order valence-electron chi connectivity index (χ3n) is 4.14. The standard InChI is InChI=1S/C20H19N5O/c1-2-26-16-5-3-4-13(10-16)19-17-11-15(7-6-14(17)12-23-19)24-18-8-9-22-20(21)25-18/h3-11H,2,12H2,1H3,(H3,21,22,24,25). The zero-order chi connectivity index (χ0) is 17.9. The number of nitrogen functional groups attached to an aromatic ring is 1. The number of benzene rings is 2. The number of hydrogen-bond acceptors (Lipinski definition) is 6. The molecule has 0 radical (unpaired) electrons. The summed E-state index contributed by atoms with van der Waals surface area (Å²) in [5, 5.41) is 3.27. The highest BCUT2D eigenvalue weighted by Gasteiger charge is 2.18. The SMILES string of the molecule is CCOc1cccc(C2=NCc3ccc(Nc4ccnc(N)n4)cc32)c1. The van der Waals surface area contributed by atoms with E-state index in [4.69, 9.17) is 15.5 Å². The summed E-state index contributed by atoms with van der Waals surface area (Å²) in [6, 6.07) is 16.0. The van der Waals surface area contributed by atoms with Gasteiger partial charge < -0.3 is 15.8 Å². The topological polar surface area (TPSA) is 85.4 Å². The highest BCUT2D eigenvalue weighted by atomic mass is 16.5. The van der Waals surface area contributed by atoms with Crippen LogP contribution < -0.4 is 15.8 Å². The number of ether oxygens (including phenoxy) is 1. The van der Waals surface area contributed by atoms with Crippen LogP contribution in [0.2, 0.25) is 0 Å². The lowest BCUT2D eigenvalue weighted by Gasteiger charge is -2.10. The molecule has 6 nitrogen and oxygen atoms in total. The van der Waals surface area contributed by atoms with Crippen LogP contribution in [-0.4, -0.2) is 22.3 Å². The quantitative estimate of drug-likeness (QED) is 0.738.